The SMILES string of the molecule is Nc1c2c(nn1-c1ccccc1)/C(=[N+](/[O-])c1ccccc1)C(=O)NC2=O. The quantitative estimate of drug-likeness (QED) is 0.314. The third kappa shape index (κ3) is 2.32. The summed E-state index contributed by atoms with van der Waals surface area (Å²) in [7, 11) is 0. The second-order valence-electron chi connectivity index (χ2n) is 5.62. The van der Waals surface area contributed by atoms with Gasteiger partial charge in [-0.1, -0.05) is 36.4 Å². The number of nitrogens with zero attached hydrogens (tertiary/aromatic N) is 3. The number of amides is 2. The smallest absolute Gasteiger partial charge is 0.326 e. The van der Waals surface area contributed by atoms with Gasteiger partial charge in [0, 0.05) is 12.1 Å². The molecule has 0 aliphatic carbocycles. The Labute approximate surface area is 147 Å². The van der Waals surface area contributed by atoms with Crippen LogP contribution in [0.2, 0.25) is 0 Å². The number of nitrogens with two attached hydrogens (primary N) is 1. The van der Waals surface area contributed by atoms with Gasteiger partial charge in [-0.05, 0) is 12.1 Å². The van der Waals surface area contributed by atoms with E-state index in [4.69, 9.17) is 5.73 Å². The second-order valence-corrected chi connectivity index (χ2v) is 5.62. The Kier molecular flexibility index (Phi) is 3.51. The summed E-state index contributed by atoms with van der Waals surface area (Å²) in [5.41, 5.74) is 6.61. The summed E-state index contributed by atoms with van der Waals surface area (Å²) in [6, 6.07) is 17.1. The van der Waals surface area contributed by atoms with Crippen LogP contribution in [-0.2, 0) is 4.79 Å². The van der Waals surface area contributed by atoms with Gasteiger partial charge in [0.25, 0.3) is 5.91 Å². The number of hydrogen-bond acceptors (Lipinski definition) is 5. The first-order valence-corrected chi connectivity index (χ1v) is 7.77. The van der Waals surface area contributed by atoms with E-state index in [0.29, 0.717) is 10.4 Å². The number of hydrogen-bond donors (Lipinski definition) is 2. The predicted octanol–water partition coefficient (Wildman–Crippen LogP) is 1.36. The molecule has 26 heavy (non-hydrogen) atoms. The number of aromatic nitrogens is 2. The van der Waals surface area contributed by atoms with Crippen molar-refractivity contribution < 1.29 is 14.3 Å². The van der Waals surface area contributed by atoms with Gasteiger partial charge < -0.3 is 10.9 Å². The average molecular weight is 347 g/mol. The lowest BCUT2D eigenvalue weighted by atomic mass is 10.1. The van der Waals surface area contributed by atoms with Gasteiger partial charge in [-0.25, -0.2) is 4.68 Å². The fourth-order valence-corrected chi connectivity index (χ4v) is 2.80. The third-order valence-corrected chi connectivity index (χ3v) is 4.01. The van der Waals surface area contributed by atoms with Crippen LogP contribution in [0.4, 0.5) is 11.5 Å². The molecule has 0 unspecified atom stereocenters. The van der Waals surface area contributed by atoms with E-state index < -0.39 is 11.8 Å². The van der Waals surface area contributed by atoms with Crippen molar-refractivity contribution in [3.05, 3.63) is 77.1 Å². The van der Waals surface area contributed by atoms with Gasteiger partial charge in [0.1, 0.15) is 11.4 Å². The van der Waals surface area contributed by atoms with E-state index in [-0.39, 0.29) is 28.5 Å². The molecule has 2 amide bonds. The van der Waals surface area contributed by atoms with Crippen LogP contribution in [0.3, 0.4) is 0 Å². The maximum Gasteiger partial charge on any atom is 0.326 e. The zero-order chi connectivity index (χ0) is 18.3. The van der Waals surface area contributed by atoms with Crippen LogP contribution >= 0.6 is 0 Å². The first-order chi connectivity index (χ1) is 12.6. The van der Waals surface area contributed by atoms with Crippen LogP contribution in [-0.4, -0.2) is 32.0 Å². The lowest BCUT2D eigenvalue weighted by Gasteiger charge is -2.13. The maximum absolute atomic E-state index is 12.8. The molecule has 2 aromatic carbocycles. The minimum atomic E-state index is -0.820. The molecule has 0 fully saturated rings. The first-order valence-electron chi connectivity index (χ1n) is 7.77. The Hall–Kier alpha value is -3.94. The molecule has 2 heterocycles. The van der Waals surface area contributed by atoms with E-state index in [1.54, 1.807) is 54.6 Å². The van der Waals surface area contributed by atoms with Crippen molar-refractivity contribution in [2.45, 2.75) is 0 Å². The maximum atomic E-state index is 12.8. The molecule has 128 valence electrons. The zero-order valence-corrected chi connectivity index (χ0v) is 13.4. The summed E-state index contributed by atoms with van der Waals surface area (Å²) in [6.07, 6.45) is 0. The topological polar surface area (TPSA) is 116 Å². The van der Waals surface area contributed by atoms with Gasteiger partial charge in [0.2, 0.25) is 5.69 Å². The predicted molar refractivity (Wildman–Crippen MR) is 94.3 cm³/mol. The molecular formula is C18H13N5O3. The zero-order valence-electron chi connectivity index (χ0n) is 13.4. The molecule has 0 saturated carbocycles. The number of benzene rings is 2. The molecular weight excluding hydrogens is 334 g/mol. The van der Waals surface area contributed by atoms with Gasteiger partial charge in [-0.15, -0.1) is 0 Å². The first kappa shape index (κ1) is 15.6. The summed E-state index contributed by atoms with van der Waals surface area (Å²) in [4.78, 5) is 24.6. The number of nitrogens with one attached hydrogen (secondary N) is 1. The number of imide groups is 1. The van der Waals surface area contributed by atoms with Gasteiger partial charge in [0.05, 0.1) is 5.69 Å². The van der Waals surface area contributed by atoms with Crippen LogP contribution in [0.15, 0.2) is 60.7 Å². The van der Waals surface area contributed by atoms with Crippen molar-refractivity contribution in [2.75, 3.05) is 5.73 Å². The van der Waals surface area contributed by atoms with E-state index in [1.807, 2.05) is 6.07 Å². The van der Waals surface area contributed by atoms with Crippen molar-refractivity contribution >= 4 is 29.0 Å². The van der Waals surface area contributed by atoms with Crippen molar-refractivity contribution in [2.24, 2.45) is 0 Å². The summed E-state index contributed by atoms with van der Waals surface area (Å²) in [5, 5.41) is 19.2. The van der Waals surface area contributed by atoms with Crippen LogP contribution in [0.1, 0.15) is 16.1 Å². The number of nitrogen functional groups attached to an aromatic ring is 1. The lowest BCUT2D eigenvalue weighted by Crippen LogP contribution is -2.45. The van der Waals surface area contributed by atoms with Crippen LogP contribution in [0.5, 0.6) is 0 Å². The Balaban J connectivity index is 1.98. The van der Waals surface area contributed by atoms with Crippen molar-refractivity contribution in [3.63, 3.8) is 0 Å². The Morgan fingerprint density at radius 3 is 2.23 bits per heavy atom. The Bertz CT molecular complexity index is 1060. The molecule has 8 heteroatoms. The summed E-state index contributed by atoms with van der Waals surface area (Å²) in [5.74, 6) is -1.45. The molecule has 0 spiro atoms. The molecule has 1 aliphatic heterocycles. The van der Waals surface area contributed by atoms with Crippen molar-refractivity contribution in [1.29, 1.82) is 0 Å². The van der Waals surface area contributed by atoms with E-state index >= 15 is 0 Å². The molecule has 0 radical (unpaired) electrons. The lowest BCUT2D eigenvalue weighted by molar-refractivity contribution is -0.359. The molecule has 3 aromatic rings. The second kappa shape index (κ2) is 5.85. The highest BCUT2D eigenvalue weighted by Gasteiger charge is 2.40. The van der Waals surface area contributed by atoms with Gasteiger partial charge in [-0.2, -0.15) is 9.84 Å². The van der Waals surface area contributed by atoms with Crippen molar-refractivity contribution in [3.8, 4) is 5.69 Å². The molecule has 1 aromatic heterocycles. The highest BCUT2D eigenvalue weighted by atomic mass is 16.5. The molecule has 0 bridgehead atoms. The number of fused-ring (bicyclic) bond motifs is 1. The van der Waals surface area contributed by atoms with Gasteiger partial charge in [0.15, 0.2) is 5.69 Å². The molecule has 3 N–H and O–H groups in total. The number of para-hydroxylation sites is 2. The molecule has 8 nitrogen and oxygen atoms in total. The highest BCUT2D eigenvalue weighted by Crippen LogP contribution is 2.25. The van der Waals surface area contributed by atoms with E-state index in [1.165, 1.54) is 4.68 Å². The standard InChI is InChI=1S/C18H13N5O3/c19-16-13-14(21-22(16)11-7-3-1-4-8-11)15(18(25)20-17(13)24)23(26)12-9-5-2-6-10-12/h1-10H,19H2,(H,20,24,25)/b23-15-. The molecule has 0 atom stereocenters. The van der Waals surface area contributed by atoms with Crippen LogP contribution in [0.25, 0.3) is 5.69 Å². The number of carbonyl (C=O) groups excluding carboxylic acids is 2. The van der Waals surface area contributed by atoms with Crippen molar-refractivity contribution in [1.82, 2.24) is 15.1 Å². The Morgan fingerprint density at radius 1 is 0.962 bits per heavy atom. The van der Waals surface area contributed by atoms with E-state index in [0.717, 1.165) is 0 Å². The Morgan fingerprint density at radius 2 is 1.58 bits per heavy atom. The molecule has 0 saturated heterocycles. The van der Waals surface area contributed by atoms with Crippen LogP contribution < -0.4 is 11.1 Å². The van der Waals surface area contributed by atoms with E-state index in [2.05, 4.69) is 10.4 Å². The van der Waals surface area contributed by atoms with Gasteiger partial charge >= 0.3 is 11.6 Å². The fraction of sp³-hybridized carbons (Fsp3) is 0. The number of carbonyl (C=O) groups is 2. The summed E-state index contributed by atoms with van der Waals surface area (Å²) < 4.78 is 1.78. The minimum Gasteiger partial charge on any atom is -0.618 e. The third-order valence-electron chi connectivity index (χ3n) is 4.01. The largest absolute Gasteiger partial charge is 0.618 e. The molecule has 1 aliphatic rings. The number of anilines is 1. The minimum absolute atomic E-state index is 0.000217. The summed E-state index contributed by atoms with van der Waals surface area (Å²) >= 11 is 0. The average Bonchev–Trinajstić information content (AvgIpc) is 3.00. The fourth-order valence-electron chi connectivity index (χ4n) is 2.80. The van der Waals surface area contributed by atoms with Crippen LogP contribution in [0, 0.1) is 5.21 Å². The normalized spacial score (nSPS) is 15.4. The van der Waals surface area contributed by atoms with Gasteiger partial charge in [-0.3, -0.25) is 14.9 Å². The van der Waals surface area contributed by atoms with E-state index in [9.17, 15) is 14.8 Å². The summed E-state index contributed by atoms with van der Waals surface area (Å²) in [6.45, 7) is 0. The monoisotopic (exact) mass is 347 g/mol. The number of rotatable bonds is 2. The molecule has 4 rings (SSSR count). The highest BCUT2D eigenvalue weighted by molar-refractivity contribution is 6.49.